The molecule has 2 heterocycles. The summed E-state index contributed by atoms with van der Waals surface area (Å²) in [5, 5.41) is 12.8. The van der Waals surface area contributed by atoms with Crippen molar-refractivity contribution in [3.05, 3.63) is 24.3 Å². The Morgan fingerprint density at radius 2 is 2.32 bits per heavy atom. The summed E-state index contributed by atoms with van der Waals surface area (Å²) >= 11 is 0. The predicted octanol–water partition coefficient (Wildman–Crippen LogP) is 1.72. The number of hydrogen-bond acceptors (Lipinski definition) is 4. The van der Waals surface area contributed by atoms with Crippen LogP contribution in [0.4, 0.5) is 10.5 Å². The number of rotatable bonds is 2. The topological polar surface area (TPSA) is 61.8 Å². The molecule has 0 saturated carbocycles. The first-order valence-corrected chi connectivity index (χ1v) is 6.72. The minimum absolute atomic E-state index is 0.0531. The van der Waals surface area contributed by atoms with Gasteiger partial charge in [0, 0.05) is 18.5 Å². The number of nitrogens with one attached hydrogen (secondary N) is 1. The third kappa shape index (κ3) is 2.51. The lowest BCUT2D eigenvalue weighted by Crippen LogP contribution is -2.38. The molecule has 1 aromatic carbocycles. The first-order valence-electron chi connectivity index (χ1n) is 6.72. The molecule has 1 amide bonds. The Morgan fingerprint density at radius 3 is 3.05 bits per heavy atom. The van der Waals surface area contributed by atoms with Crippen molar-refractivity contribution in [1.82, 2.24) is 5.32 Å². The molecular formula is C14H18N2O3. The number of carbonyl (C=O) groups excluding carboxylic acids is 1. The minimum atomic E-state index is -0.318. The van der Waals surface area contributed by atoms with Gasteiger partial charge in [0.15, 0.2) is 0 Å². The second-order valence-corrected chi connectivity index (χ2v) is 5.16. The number of anilines is 1. The Labute approximate surface area is 112 Å². The Kier molecular flexibility index (Phi) is 3.29. The van der Waals surface area contributed by atoms with Gasteiger partial charge in [-0.25, -0.2) is 4.79 Å². The Bertz CT molecular complexity index is 472. The van der Waals surface area contributed by atoms with Crippen molar-refractivity contribution in [3.8, 4) is 5.75 Å². The molecule has 0 radical (unpaired) electrons. The van der Waals surface area contributed by atoms with E-state index in [-0.39, 0.29) is 17.9 Å². The van der Waals surface area contributed by atoms with E-state index in [9.17, 15) is 9.90 Å². The Balaban J connectivity index is 1.72. The number of carbonyl (C=O) groups is 1. The highest BCUT2D eigenvalue weighted by Gasteiger charge is 2.37. The highest BCUT2D eigenvalue weighted by molar-refractivity contribution is 5.90. The molecule has 5 heteroatoms. The van der Waals surface area contributed by atoms with E-state index < -0.39 is 0 Å². The Morgan fingerprint density at radius 1 is 1.42 bits per heavy atom. The summed E-state index contributed by atoms with van der Waals surface area (Å²) in [5.74, 6) is 0.549. The van der Waals surface area contributed by atoms with E-state index in [0.717, 1.165) is 25.9 Å². The van der Waals surface area contributed by atoms with E-state index in [1.54, 1.807) is 23.1 Å². The van der Waals surface area contributed by atoms with E-state index in [2.05, 4.69) is 5.32 Å². The van der Waals surface area contributed by atoms with E-state index in [4.69, 9.17) is 4.74 Å². The molecule has 1 aromatic rings. The molecule has 102 valence electrons. The van der Waals surface area contributed by atoms with Crippen LogP contribution in [-0.2, 0) is 4.74 Å². The highest BCUT2D eigenvalue weighted by Crippen LogP contribution is 2.29. The van der Waals surface area contributed by atoms with E-state index in [1.165, 1.54) is 0 Å². The first-order chi connectivity index (χ1) is 9.24. The van der Waals surface area contributed by atoms with E-state index in [1.807, 2.05) is 6.07 Å². The van der Waals surface area contributed by atoms with Crippen LogP contribution in [0.25, 0.3) is 0 Å². The van der Waals surface area contributed by atoms with Crippen molar-refractivity contribution in [2.75, 3.05) is 24.5 Å². The molecule has 0 aromatic heterocycles. The normalized spacial score (nSPS) is 27.4. The molecule has 2 aliphatic rings. The third-order valence-corrected chi connectivity index (χ3v) is 3.84. The van der Waals surface area contributed by atoms with Crippen LogP contribution in [0, 0.1) is 5.92 Å². The summed E-state index contributed by atoms with van der Waals surface area (Å²) in [5.41, 5.74) is 0.691. The number of amides is 1. The van der Waals surface area contributed by atoms with Crippen molar-refractivity contribution < 1.29 is 14.6 Å². The second-order valence-electron chi connectivity index (χ2n) is 5.16. The fourth-order valence-corrected chi connectivity index (χ4v) is 2.80. The standard InChI is InChI=1S/C14H18N2O3/c17-12-5-1-4-11(7-12)16-9-13(19-14(16)18)10-3-2-6-15-8-10/h1,4-5,7,10,13,15,17H,2-3,6,8-9H2. The van der Waals surface area contributed by atoms with Crippen molar-refractivity contribution >= 4 is 11.8 Å². The monoisotopic (exact) mass is 262 g/mol. The quantitative estimate of drug-likeness (QED) is 0.852. The maximum absolute atomic E-state index is 11.9. The highest BCUT2D eigenvalue weighted by atomic mass is 16.6. The van der Waals surface area contributed by atoms with Gasteiger partial charge in [-0.15, -0.1) is 0 Å². The van der Waals surface area contributed by atoms with Gasteiger partial charge in [0.25, 0.3) is 0 Å². The summed E-state index contributed by atoms with van der Waals surface area (Å²) in [7, 11) is 0. The van der Waals surface area contributed by atoms with Crippen LogP contribution in [-0.4, -0.2) is 36.9 Å². The maximum Gasteiger partial charge on any atom is 0.414 e. The Hall–Kier alpha value is -1.75. The van der Waals surface area contributed by atoms with Crippen LogP contribution in [0.3, 0.4) is 0 Å². The summed E-state index contributed by atoms with van der Waals surface area (Å²) in [6, 6.07) is 6.71. The van der Waals surface area contributed by atoms with Gasteiger partial charge in [0.1, 0.15) is 11.9 Å². The van der Waals surface area contributed by atoms with Crippen molar-refractivity contribution in [3.63, 3.8) is 0 Å². The van der Waals surface area contributed by atoms with Crippen LogP contribution in [0.1, 0.15) is 12.8 Å². The summed E-state index contributed by atoms with van der Waals surface area (Å²) in [4.78, 5) is 13.5. The molecule has 19 heavy (non-hydrogen) atoms. The molecule has 2 N–H and O–H groups in total. The summed E-state index contributed by atoms with van der Waals surface area (Å²) in [6.07, 6.45) is 1.85. The number of piperidine rings is 1. The lowest BCUT2D eigenvalue weighted by atomic mass is 9.94. The number of aromatic hydroxyl groups is 1. The summed E-state index contributed by atoms with van der Waals surface area (Å²) < 4.78 is 5.47. The largest absolute Gasteiger partial charge is 0.508 e. The molecule has 5 nitrogen and oxygen atoms in total. The zero-order valence-electron chi connectivity index (χ0n) is 10.7. The van der Waals surface area contributed by atoms with E-state index in [0.29, 0.717) is 18.2 Å². The molecule has 2 fully saturated rings. The van der Waals surface area contributed by atoms with Crippen LogP contribution in [0.5, 0.6) is 5.75 Å². The SMILES string of the molecule is O=C1OC(C2CCCNC2)CN1c1cccc(O)c1. The van der Waals surface area contributed by atoms with Gasteiger partial charge >= 0.3 is 6.09 Å². The van der Waals surface area contributed by atoms with Gasteiger partial charge in [-0.3, -0.25) is 4.90 Å². The van der Waals surface area contributed by atoms with Gasteiger partial charge < -0.3 is 15.2 Å². The van der Waals surface area contributed by atoms with Crippen molar-refractivity contribution in [1.29, 1.82) is 0 Å². The fraction of sp³-hybridized carbons (Fsp3) is 0.500. The number of cyclic esters (lactones) is 1. The molecular weight excluding hydrogens is 244 g/mol. The van der Waals surface area contributed by atoms with Gasteiger partial charge in [0.05, 0.1) is 12.2 Å². The average molecular weight is 262 g/mol. The predicted molar refractivity (Wildman–Crippen MR) is 71.3 cm³/mol. The molecule has 2 atom stereocenters. The van der Waals surface area contributed by atoms with Gasteiger partial charge in [-0.05, 0) is 31.5 Å². The lowest BCUT2D eigenvalue weighted by molar-refractivity contribution is 0.0942. The molecule has 0 aliphatic carbocycles. The van der Waals surface area contributed by atoms with Crippen molar-refractivity contribution in [2.45, 2.75) is 18.9 Å². The number of ether oxygens (including phenoxy) is 1. The third-order valence-electron chi connectivity index (χ3n) is 3.84. The number of nitrogens with zero attached hydrogens (tertiary/aromatic N) is 1. The zero-order valence-corrected chi connectivity index (χ0v) is 10.7. The minimum Gasteiger partial charge on any atom is -0.508 e. The fourth-order valence-electron chi connectivity index (χ4n) is 2.80. The van der Waals surface area contributed by atoms with Crippen LogP contribution in [0.2, 0.25) is 0 Å². The number of benzene rings is 1. The molecule has 3 rings (SSSR count). The average Bonchev–Trinajstić information content (AvgIpc) is 2.82. The number of phenolic OH excluding ortho intramolecular Hbond substituents is 1. The smallest absolute Gasteiger partial charge is 0.414 e. The van der Waals surface area contributed by atoms with E-state index >= 15 is 0 Å². The van der Waals surface area contributed by atoms with Crippen LogP contribution >= 0.6 is 0 Å². The first kappa shape index (κ1) is 12.3. The number of phenols is 1. The summed E-state index contributed by atoms with van der Waals surface area (Å²) in [6.45, 7) is 2.52. The van der Waals surface area contributed by atoms with Gasteiger partial charge in [-0.1, -0.05) is 6.07 Å². The number of hydrogen-bond donors (Lipinski definition) is 2. The van der Waals surface area contributed by atoms with Crippen LogP contribution < -0.4 is 10.2 Å². The zero-order chi connectivity index (χ0) is 13.2. The molecule has 2 unspecified atom stereocenters. The molecule has 2 aliphatic heterocycles. The van der Waals surface area contributed by atoms with Gasteiger partial charge in [0.2, 0.25) is 0 Å². The molecule has 0 bridgehead atoms. The molecule has 0 spiro atoms. The lowest BCUT2D eigenvalue weighted by Gasteiger charge is -2.26. The molecule has 2 saturated heterocycles. The van der Waals surface area contributed by atoms with Crippen LogP contribution in [0.15, 0.2) is 24.3 Å². The van der Waals surface area contributed by atoms with Gasteiger partial charge in [-0.2, -0.15) is 0 Å². The second kappa shape index (κ2) is 5.09. The van der Waals surface area contributed by atoms with Crippen molar-refractivity contribution in [2.24, 2.45) is 5.92 Å². The maximum atomic E-state index is 11.9.